The average molecular weight is 604 g/mol. The molecule has 2 N–H and O–H groups in total. The minimum absolute atomic E-state index is 0.177. The zero-order valence-corrected chi connectivity index (χ0v) is 27.3. The number of ether oxygens (including phenoxy) is 3. The molecule has 0 heterocycles. The van der Waals surface area contributed by atoms with Crippen molar-refractivity contribution < 1.29 is 29.0 Å². The van der Waals surface area contributed by atoms with E-state index in [1.54, 1.807) is 19.7 Å². The van der Waals surface area contributed by atoms with Gasteiger partial charge in [-0.05, 0) is 110 Å². The van der Waals surface area contributed by atoms with Crippen molar-refractivity contribution in [1.29, 1.82) is 0 Å². The van der Waals surface area contributed by atoms with E-state index in [1.807, 2.05) is 103 Å². The molecule has 7 nitrogen and oxygen atoms in total. The first-order valence-electron chi connectivity index (χ1n) is 13.4. The summed E-state index contributed by atoms with van der Waals surface area (Å²) in [6, 6.07) is 15.2. The molecule has 0 aromatic heterocycles. The minimum atomic E-state index is -0.763. The van der Waals surface area contributed by atoms with Crippen molar-refractivity contribution in [1.82, 2.24) is 5.48 Å². The van der Waals surface area contributed by atoms with Crippen LogP contribution in [0.2, 0.25) is 0 Å². The van der Waals surface area contributed by atoms with Crippen LogP contribution in [0.25, 0.3) is 0 Å². The number of hydroxylamine groups is 1. The number of amides is 1. The Labute approximate surface area is 254 Å². The van der Waals surface area contributed by atoms with Gasteiger partial charge >= 0.3 is 5.97 Å². The molecule has 0 fully saturated rings. The molecule has 226 valence electrons. The normalized spacial score (nSPS) is 13.2. The van der Waals surface area contributed by atoms with Crippen LogP contribution in [0.15, 0.2) is 81.6 Å². The van der Waals surface area contributed by atoms with E-state index in [9.17, 15) is 9.59 Å². The molecule has 2 atom stereocenters. The second-order valence-corrected chi connectivity index (χ2v) is 13.3. The maximum atomic E-state index is 12.3. The Morgan fingerprint density at radius 3 is 1.51 bits per heavy atom. The average Bonchev–Trinajstić information content (AvgIpc) is 2.96. The van der Waals surface area contributed by atoms with Crippen LogP contribution in [-0.2, 0) is 14.3 Å². The van der Waals surface area contributed by atoms with Crippen LogP contribution in [0.4, 0.5) is 0 Å². The van der Waals surface area contributed by atoms with Crippen molar-refractivity contribution in [2.24, 2.45) is 0 Å². The van der Waals surface area contributed by atoms with Crippen molar-refractivity contribution >= 4 is 35.4 Å². The summed E-state index contributed by atoms with van der Waals surface area (Å²) in [5.74, 6) is 0.993. The van der Waals surface area contributed by atoms with Gasteiger partial charge in [-0.2, -0.15) is 0 Å². The molecule has 0 spiro atoms. The maximum absolute atomic E-state index is 12.3. The summed E-state index contributed by atoms with van der Waals surface area (Å²) in [6.45, 7) is 14.0. The number of benzene rings is 2. The van der Waals surface area contributed by atoms with E-state index in [4.69, 9.17) is 19.4 Å². The number of methoxy groups -OCH3 is 2. The molecule has 0 bridgehead atoms. The number of carbonyl (C=O) groups is 2. The van der Waals surface area contributed by atoms with Gasteiger partial charge in [-0.15, -0.1) is 23.5 Å². The molecule has 0 aliphatic rings. The van der Waals surface area contributed by atoms with Gasteiger partial charge in [-0.3, -0.25) is 14.8 Å². The van der Waals surface area contributed by atoms with E-state index >= 15 is 0 Å². The quantitative estimate of drug-likeness (QED) is 0.0785. The van der Waals surface area contributed by atoms with Gasteiger partial charge in [-0.1, -0.05) is 23.3 Å². The third-order valence-electron chi connectivity index (χ3n) is 5.89. The van der Waals surface area contributed by atoms with E-state index in [0.717, 1.165) is 26.9 Å². The molecular formula is C32H45NO6S2. The summed E-state index contributed by atoms with van der Waals surface area (Å²) in [7, 11) is 3.25. The maximum Gasteiger partial charge on any atom is 0.322 e. The Hall–Kier alpha value is -2.88. The van der Waals surface area contributed by atoms with Crippen LogP contribution in [0.5, 0.6) is 11.5 Å². The summed E-state index contributed by atoms with van der Waals surface area (Å²) >= 11 is 2.94. The van der Waals surface area contributed by atoms with Crippen molar-refractivity contribution in [3.63, 3.8) is 0 Å². The van der Waals surface area contributed by atoms with Gasteiger partial charge in [0.1, 0.15) is 21.0 Å². The Bertz CT molecular complexity index is 1160. The number of rotatable bonds is 13. The van der Waals surface area contributed by atoms with Crippen LogP contribution in [-0.4, -0.2) is 47.4 Å². The Morgan fingerprint density at radius 2 is 1.17 bits per heavy atom. The predicted molar refractivity (Wildman–Crippen MR) is 169 cm³/mol. The third kappa shape index (κ3) is 12.7. The number of nitrogens with one attached hydrogen (secondary N) is 1. The van der Waals surface area contributed by atoms with Gasteiger partial charge < -0.3 is 14.2 Å². The van der Waals surface area contributed by atoms with Gasteiger partial charge in [0.05, 0.1) is 20.8 Å². The van der Waals surface area contributed by atoms with E-state index in [-0.39, 0.29) is 5.97 Å². The zero-order valence-electron chi connectivity index (χ0n) is 25.7. The van der Waals surface area contributed by atoms with Crippen LogP contribution >= 0.6 is 23.5 Å². The summed E-state index contributed by atoms with van der Waals surface area (Å²) in [5, 5.41) is 8.94. The fourth-order valence-electron chi connectivity index (χ4n) is 3.35. The Morgan fingerprint density at radius 1 is 0.780 bits per heavy atom. The molecule has 9 heteroatoms. The predicted octanol–water partition coefficient (Wildman–Crippen LogP) is 7.87. The minimum Gasteiger partial charge on any atom is -0.497 e. The number of hydrogen-bond acceptors (Lipinski definition) is 8. The van der Waals surface area contributed by atoms with Gasteiger partial charge in [0.25, 0.3) is 5.91 Å². The molecule has 1 amide bonds. The zero-order chi connectivity index (χ0) is 31.1. The lowest BCUT2D eigenvalue weighted by atomic mass is 10.0. The highest BCUT2D eigenvalue weighted by Gasteiger charge is 2.35. The third-order valence-corrected chi connectivity index (χ3v) is 8.50. The fraction of sp³-hybridized carbons (Fsp3) is 0.438. The summed E-state index contributed by atoms with van der Waals surface area (Å²) < 4.78 is 14.1. The molecular weight excluding hydrogens is 558 g/mol. The Balaban J connectivity index is 0.000000410. The van der Waals surface area contributed by atoms with Crippen LogP contribution in [0.1, 0.15) is 61.3 Å². The molecule has 2 aromatic carbocycles. The number of allylic oxidation sites excluding steroid dienone is 4. The second-order valence-electron chi connectivity index (χ2n) is 10.1. The fourth-order valence-corrected chi connectivity index (χ4v) is 5.55. The molecule has 41 heavy (non-hydrogen) atoms. The SMILES string of the molecule is CCOC(=O)C(C)(CC=C(C)C)Sc1ccc(OC)cc1.COc1ccc(SC(C)(CC=C(C)C)C(=O)NO)cc1. The standard InChI is InChI=1S/C17H24O3S.C15H21NO3S/c1-6-20-16(18)17(4,12-11-13(2)3)21-15-9-7-14(19-5)8-10-15;1-11(2)9-10-15(3,14(17)16-18)20-13-7-5-12(19-4)6-8-13/h7-11H,6,12H2,1-5H3;5-9,18H,10H2,1-4H3,(H,16,17). The smallest absolute Gasteiger partial charge is 0.322 e. The summed E-state index contributed by atoms with van der Waals surface area (Å²) in [5.41, 5.74) is 4.09. The van der Waals surface area contributed by atoms with Crippen LogP contribution in [0.3, 0.4) is 0 Å². The van der Waals surface area contributed by atoms with Crippen molar-refractivity contribution in [2.75, 3.05) is 20.8 Å². The second kappa shape index (κ2) is 17.8. The highest BCUT2D eigenvalue weighted by Crippen LogP contribution is 2.38. The molecule has 2 rings (SSSR count). The first-order valence-corrected chi connectivity index (χ1v) is 15.0. The van der Waals surface area contributed by atoms with Gasteiger partial charge in [-0.25, -0.2) is 5.48 Å². The highest BCUT2D eigenvalue weighted by atomic mass is 32.2. The lowest BCUT2D eigenvalue weighted by molar-refractivity contribution is -0.145. The lowest BCUT2D eigenvalue weighted by Crippen LogP contribution is -2.40. The van der Waals surface area contributed by atoms with E-state index in [1.165, 1.54) is 29.1 Å². The largest absolute Gasteiger partial charge is 0.497 e. The van der Waals surface area contributed by atoms with E-state index in [0.29, 0.717) is 19.4 Å². The first-order chi connectivity index (χ1) is 19.3. The van der Waals surface area contributed by atoms with Crippen molar-refractivity contribution in [3.8, 4) is 11.5 Å². The van der Waals surface area contributed by atoms with Crippen LogP contribution < -0.4 is 15.0 Å². The molecule has 0 aliphatic heterocycles. The van der Waals surface area contributed by atoms with Gasteiger partial charge in [0, 0.05) is 9.79 Å². The molecule has 0 saturated heterocycles. The van der Waals surface area contributed by atoms with Gasteiger partial charge in [0.2, 0.25) is 0 Å². The van der Waals surface area contributed by atoms with E-state index < -0.39 is 15.4 Å². The molecule has 2 unspecified atom stereocenters. The molecule has 0 saturated carbocycles. The van der Waals surface area contributed by atoms with Gasteiger partial charge in [0.15, 0.2) is 0 Å². The van der Waals surface area contributed by atoms with E-state index in [2.05, 4.69) is 6.08 Å². The summed E-state index contributed by atoms with van der Waals surface area (Å²) in [4.78, 5) is 26.2. The summed E-state index contributed by atoms with van der Waals surface area (Å²) in [6.07, 6.45) is 5.25. The number of thioether (sulfide) groups is 2. The van der Waals surface area contributed by atoms with Crippen LogP contribution in [0, 0.1) is 0 Å². The first kappa shape index (κ1) is 36.1. The molecule has 2 aromatic rings. The highest BCUT2D eigenvalue weighted by molar-refractivity contribution is 8.01. The number of carbonyl (C=O) groups excluding carboxylic acids is 2. The van der Waals surface area contributed by atoms with Crippen molar-refractivity contribution in [3.05, 3.63) is 71.8 Å². The topological polar surface area (TPSA) is 94.1 Å². The molecule has 0 radical (unpaired) electrons. The number of hydrogen-bond donors (Lipinski definition) is 2. The monoisotopic (exact) mass is 603 g/mol. The molecule has 0 aliphatic carbocycles. The number of esters is 1. The Kier molecular flexibility index (Phi) is 15.7. The van der Waals surface area contributed by atoms with Crippen molar-refractivity contribution in [2.45, 2.75) is 80.6 Å². The lowest BCUT2D eigenvalue weighted by Gasteiger charge is -2.25.